The maximum absolute atomic E-state index is 9.25. The van der Waals surface area contributed by atoms with Gasteiger partial charge in [-0.3, -0.25) is 0 Å². The number of rotatable bonds is 1. The molecule has 0 aromatic carbocycles. The Morgan fingerprint density at radius 3 is 1.50 bits per heavy atom. The van der Waals surface area contributed by atoms with Gasteiger partial charge in [-0.25, -0.2) is 4.79 Å². The van der Waals surface area contributed by atoms with Crippen LogP contribution in [-0.2, 0) is 4.79 Å². The van der Waals surface area contributed by atoms with Gasteiger partial charge in [0.15, 0.2) is 0 Å². The highest BCUT2D eigenvalue weighted by Gasteiger charge is 1.95. The molecule has 0 heterocycles. The third-order valence-electron chi connectivity index (χ3n) is 1.17. The smallest absolute Gasteiger partial charge is 0.327 e. The first kappa shape index (κ1) is 12.3. The fourth-order valence-electron chi connectivity index (χ4n) is 0.250. The monoisotopic (exact) mass is 162 g/mol. The predicted molar refractivity (Wildman–Crippen MR) is 47.4 cm³/mol. The summed E-state index contributed by atoms with van der Waals surface area (Å²) in [7, 11) is 0. The first-order valence-corrected chi connectivity index (χ1v) is 3.12. The summed E-state index contributed by atoms with van der Waals surface area (Å²) in [5.41, 5.74) is 0. The highest BCUT2D eigenvalue weighted by molar-refractivity contribution is 6.92. The van der Waals surface area contributed by atoms with Crippen molar-refractivity contribution in [1.82, 2.24) is 0 Å². The second-order valence-corrected chi connectivity index (χ2v) is 1.96. The van der Waals surface area contributed by atoms with Crippen molar-refractivity contribution in [3.8, 4) is 0 Å². The Morgan fingerprint density at radius 1 is 1.30 bits per heavy atom. The summed E-state index contributed by atoms with van der Waals surface area (Å²) in [6, 6.07) is 0. The molecule has 10 heavy (non-hydrogen) atoms. The van der Waals surface area contributed by atoms with E-state index < -0.39 is 5.97 Å². The number of carboxylic acids is 1. The lowest BCUT2D eigenvalue weighted by Gasteiger charge is -2.05. The molecule has 1 aliphatic rings. The van der Waals surface area contributed by atoms with Crippen molar-refractivity contribution in [1.29, 1.82) is 0 Å². The van der Waals surface area contributed by atoms with Gasteiger partial charge >= 0.3 is 5.97 Å². The second-order valence-electron chi connectivity index (χ2n) is 1.96. The van der Waals surface area contributed by atoms with Gasteiger partial charge in [-0.1, -0.05) is 32.3 Å². The lowest BCUT2D eigenvalue weighted by Crippen LogP contribution is -1.85. The van der Waals surface area contributed by atoms with E-state index in [0.29, 0.717) is 0 Å². The molecule has 0 aromatic heterocycles. The molecule has 1 aliphatic carbocycles. The molecule has 1 unspecified atom stereocenters. The Balaban J connectivity index is 0. The predicted octanol–water partition coefficient (Wildman–Crippen LogP) is 1.88. The molecule has 1 fully saturated rings. The largest absolute Gasteiger partial charge is 0.478 e. The van der Waals surface area contributed by atoms with Crippen LogP contribution in [0.1, 0.15) is 25.7 Å². The van der Waals surface area contributed by atoms with Gasteiger partial charge in [-0.2, -0.15) is 9.90 Å². The van der Waals surface area contributed by atoms with Gasteiger partial charge in [0.25, 0.3) is 0 Å². The normalized spacial score (nSPS) is 12.8. The maximum atomic E-state index is 9.25. The van der Waals surface area contributed by atoms with Gasteiger partial charge in [0.05, 0.1) is 0 Å². The van der Waals surface area contributed by atoms with E-state index in [-0.39, 0.29) is 9.90 Å². The molecule has 1 saturated carbocycles. The van der Waals surface area contributed by atoms with Crippen LogP contribution in [0, 0.1) is 0 Å². The third-order valence-corrected chi connectivity index (χ3v) is 1.17. The van der Waals surface area contributed by atoms with Gasteiger partial charge in [-0.05, 0) is 0 Å². The quantitative estimate of drug-likeness (QED) is 0.472. The van der Waals surface area contributed by atoms with Crippen LogP contribution in [0.2, 0.25) is 0 Å². The van der Waals surface area contributed by atoms with Crippen molar-refractivity contribution < 1.29 is 9.90 Å². The van der Waals surface area contributed by atoms with E-state index in [1.807, 2.05) is 0 Å². The molecule has 0 radical (unpaired) electrons. The molecule has 3 heteroatoms. The first-order chi connectivity index (χ1) is 4.27. The summed E-state index contributed by atoms with van der Waals surface area (Å²) >= 11 is 0. The van der Waals surface area contributed by atoms with Crippen LogP contribution in [0.3, 0.4) is 0 Å². The zero-order chi connectivity index (χ0) is 7.11. The van der Waals surface area contributed by atoms with E-state index >= 15 is 0 Å². The number of hydrogen-bond acceptors (Lipinski definition) is 1. The van der Waals surface area contributed by atoms with Crippen LogP contribution in [-0.4, -0.2) is 11.1 Å². The number of aliphatic carboxylic acids is 1. The SMILES string of the molecule is C1CCC1.C=CC(=O)O.P. The van der Waals surface area contributed by atoms with Gasteiger partial charge in [0.1, 0.15) is 0 Å². The Morgan fingerprint density at radius 2 is 1.50 bits per heavy atom. The van der Waals surface area contributed by atoms with Gasteiger partial charge in [0.2, 0.25) is 0 Å². The Hall–Kier alpha value is -0.360. The minimum Gasteiger partial charge on any atom is -0.478 e. The summed E-state index contributed by atoms with van der Waals surface area (Å²) in [5, 5.41) is 7.60. The summed E-state index contributed by atoms with van der Waals surface area (Å²) in [4.78, 5) is 9.25. The molecule has 0 saturated heterocycles. The fourth-order valence-corrected chi connectivity index (χ4v) is 0.250. The van der Waals surface area contributed by atoms with E-state index in [0.717, 1.165) is 6.08 Å². The second kappa shape index (κ2) is 8.64. The highest BCUT2D eigenvalue weighted by Crippen LogP contribution is 2.15. The molecule has 1 atom stereocenters. The molecule has 0 aromatic rings. The van der Waals surface area contributed by atoms with Crippen LogP contribution in [0.25, 0.3) is 0 Å². The van der Waals surface area contributed by atoms with E-state index in [9.17, 15) is 4.79 Å². The topological polar surface area (TPSA) is 37.3 Å². The Kier molecular flexibility index (Phi) is 10.7. The minimum atomic E-state index is -0.981. The lowest BCUT2D eigenvalue weighted by atomic mass is 10.0. The van der Waals surface area contributed by atoms with Crippen molar-refractivity contribution in [2.75, 3.05) is 0 Å². The summed E-state index contributed by atoms with van der Waals surface area (Å²) in [6.45, 7) is 2.96. The van der Waals surface area contributed by atoms with Crippen molar-refractivity contribution >= 4 is 15.9 Å². The van der Waals surface area contributed by atoms with Gasteiger partial charge in [-0.15, -0.1) is 0 Å². The maximum Gasteiger partial charge on any atom is 0.327 e. The highest BCUT2D eigenvalue weighted by atomic mass is 31.0. The number of carboxylic acid groups (broad SMARTS) is 1. The van der Waals surface area contributed by atoms with Gasteiger partial charge in [0, 0.05) is 6.08 Å². The lowest BCUT2D eigenvalue weighted by molar-refractivity contribution is -0.131. The van der Waals surface area contributed by atoms with Crippen LogP contribution in [0.4, 0.5) is 0 Å². The van der Waals surface area contributed by atoms with Crippen molar-refractivity contribution in [3.05, 3.63) is 12.7 Å². The molecule has 60 valence electrons. The number of carbonyl (C=O) groups is 1. The molecule has 1 N–H and O–H groups in total. The Labute approximate surface area is 64.9 Å². The van der Waals surface area contributed by atoms with E-state index in [1.54, 1.807) is 0 Å². The summed E-state index contributed by atoms with van der Waals surface area (Å²) in [5.74, 6) is -0.981. The molecule has 1 rings (SSSR count). The zero-order valence-corrected chi connectivity index (χ0v) is 7.59. The van der Waals surface area contributed by atoms with Crippen LogP contribution < -0.4 is 0 Å². The van der Waals surface area contributed by atoms with E-state index in [1.165, 1.54) is 25.7 Å². The standard InChI is InChI=1S/C4H8.C3H4O2.H3P/c1-2-4-3-1;1-2-3(4)5;/h1-4H2;2H,1H2,(H,4,5);1H3. The van der Waals surface area contributed by atoms with E-state index in [4.69, 9.17) is 5.11 Å². The molecule has 0 bridgehead atoms. The molecule has 0 spiro atoms. The van der Waals surface area contributed by atoms with Crippen LogP contribution in [0.15, 0.2) is 12.7 Å². The van der Waals surface area contributed by atoms with Crippen molar-refractivity contribution in [2.45, 2.75) is 25.7 Å². The van der Waals surface area contributed by atoms with Crippen LogP contribution >= 0.6 is 9.90 Å². The molecule has 0 amide bonds. The van der Waals surface area contributed by atoms with Gasteiger partial charge < -0.3 is 5.11 Å². The fraction of sp³-hybridized carbons (Fsp3) is 0.571. The third kappa shape index (κ3) is 10.6. The van der Waals surface area contributed by atoms with Crippen molar-refractivity contribution in [3.63, 3.8) is 0 Å². The first-order valence-electron chi connectivity index (χ1n) is 3.12. The summed E-state index contributed by atoms with van der Waals surface area (Å²) in [6.07, 6.45) is 6.83. The van der Waals surface area contributed by atoms with E-state index in [2.05, 4.69) is 6.58 Å². The summed E-state index contributed by atoms with van der Waals surface area (Å²) < 4.78 is 0. The number of hydrogen-bond donors (Lipinski definition) is 1. The van der Waals surface area contributed by atoms with Crippen LogP contribution in [0.5, 0.6) is 0 Å². The van der Waals surface area contributed by atoms with Crippen molar-refractivity contribution in [2.24, 2.45) is 0 Å². The molecule has 0 aliphatic heterocycles. The molecule has 2 nitrogen and oxygen atoms in total. The average Bonchev–Trinajstić information content (AvgIpc) is 1.61. The Bertz CT molecular complexity index is 93.8. The average molecular weight is 162 g/mol. The zero-order valence-electron chi connectivity index (χ0n) is 6.18. The molecular weight excluding hydrogens is 147 g/mol. The minimum absolute atomic E-state index is 0. The molecular formula is C7H15O2P.